The van der Waals surface area contributed by atoms with E-state index in [4.69, 9.17) is 6.42 Å². The molecule has 0 unspecified atom stereocenters. The standard InChI is InChI=1S/C21H20N2OS/c1-6-9-23-18-11-14(3)15(4)12-19(18)25-21(23)22-20(24)17-8-7-13(2)10-16(17)5/h1,7-8,10-12H,9H2,2-5H3. The summed E-state index contributed by atoms with van der Waals surface area (Å²) < 4.78 is 3.03. The number of fused-ring (bicyclic) bond motifs is 1. The van der Waals surface area contributed by atoms with Crippen molar-refractivity contribution in [1.82, 2.24) is 4.57 Å². The summed E-state index contributed by atoms with van der Waals surface area (Å²) in [6.45, 7) is 8.49. The Bertz CT molecular complexity index is 1090. The summed E-state index contributed by atoms with van der Waals surface area (Å²) in [7, 11) is 0. The molecule has 3 nitrogen and oxygen atoms in total. The molecule has 0 N–H and O–H groups in total. The van der Waals surface area contributed by atoms with Crippen LogP contribution in [0.15, 0.2) is 35.3 Å². The van der Waals surface area contributed by atoms with Crippen molar-refractivity contribution in [1.29, 1.82) is 0 Å². The zero-order chi connectivity index (χ0) is 18.1. The molecule has 0 aliphatic heterocycles. The van der Waals surface area contributed by atoms with Crippen molar-refractivity contribution in [3.8, 4) is 12.3 Å². The first-order valence-corrected chi connectivity index (χ1v) is 8.92. The fourth-order valence-corrected chi connectivity index (χ4v) is 3.96. The van der Waals surface area contributed by atoms with Gasteiger partial charge in [0.25, 0.3) is 5.91 Å². The van der Waals surface area contributed by atoms with Crippen molar-refractivity contribution in [2.75, 3.05) is 0 Å². The first-order chi connectivity index (χ1) is 11.9. The van der Waals surface area contributed by atoms with Crippen molar-refractivity contribution in [2.45, 2.75) is 34.2 Å². The maximum atomic E-state index is 12.7. The van der Waals surface area contributed by atoms with Crippen LogP contribution in [0.25, 0.3) is 10.2 Å². The minimum atomic E-state index is -0.233. The van der Waals surface area contributed by atoms with Crippen molar-refractivity contribution < 1.29 is 4.79 Å². The van der Waals surface area contributed by atoms with Crippen LogP contribution in [0.3, 0.4) is 0 Å². The summed E-state index contributed by atoms with van der Waals surface area (Å²) in [6, 6.07) is 10.0. The molecule has 2 aromatic carbocycles. The van der Waals surface area contributed by atoms with Gasteiger partial charge in [0.05, 0.1) is 16.8 Å². The van der Waals surface area contributed by atoms with Crippen LogP contribution in [0.2, 0.25) is 0 Å². The summed E-state index contributed by atoms with van der Waals surface area (Å²) in [5.41, 5.74) is 6.13. The molecule has 0 saturated heterocycles. The Morgan fingerprint density at radius 2 is 1.84 bits per heavy atom. The summed E-state index contributed by atoms with van der Waals surface area (Å²) in [5.74, 6) is 2.43. The van der Waals surface area contributed by atoms with E-state index in [0.717, 1.165) is 21.3 Å². The number of carbonyl (C=O) groups excluding carboxylic acids is 1. The summed E-state index contributed by atoms with van der Waals surface area (Å²) in [5, 5.41) is 0. The van der Waals surface area contributed by atoms with E-state index in [1.807, 2.05) is 36.6 Å². The van der Waals surface area contributed by atoms with Crippen LogP contribution in [-0.4, -0.2) is 10.5 Å². The number of aryl methyl sites for hydroxylation is 4. The minimum absolute atomic E-state index is 0.233. The van der Waals surface area contributed by atoms with Crippen LogP contribution in [0.1, 0.15) is 32.6 Å². The lowest BCUT2D eigenvalue weighted by Gasteiger charge is -2.04. The van der Waals surface area contributed by atoms with Gasteiger partial charge in [0.2, 0.25) is 0 Å². The third-order valence-electron chi connectivity index (χ3n) is 4.36. The van der Waals surface area contributed by atoms with Gasteiger partial charge in [0, 0.05) is 5.56 Å². The van der Waals surface area contributed by atoms with Gasteiger partial charge in [0.15, 0.2) is 4.80 Å². The van der Waals surface area contributed by atoms with Crippen molar-refractivity contribution in [2.24, 2.45) is 4.99 Å². The average Bonchev–Trinajstić information content (AvgIpc) is 2.85. The summed E-state index contributed by atoms with van der Waals surface area (Å²) in [6.07, 6.45) is 5.54. The molecule has 1 amide bonds. The van der Waals surface area contributed by atoms with Gasteiger partial charge < -0.3 is 4.57 Å². The van der Waals surface area contributed by atoms with Crippen molar-refractivity contribution in [3.63, 3.8) is 0 Å². The predicted octanol–water partition coefficient (Wildman–Crippen LogP) is 4.31. The largest absolute Gasteiger partial charge is 0.305 e. The van der Waals surface area contributed by atoms with E-state index in [1.54, 1.807) is 0 Å². The van der Waals surface area contributed by atoms with Gasteiger partial charge in [-0.05, 0) is 62.6 Å². The van der Waals surface area contributed by atoms with E-state index < -0.39 is 0 Å². The van der Waals surface area contributed by atoms with Gasteiger partial charge in [0.1, 0.15) is 0 Å². The van der Waals surface area contributed by atoms with Crippen LogP contribution in [0, 0.1) is 40.0 Å². The molecule has 0 saturated carbocycles. The Kier molecular flexibility index (Phi) is 4.61. The van der Waals surface area contributed by atoms with Gasteiger partial charge in [-0.1, -0.05) is 35.0 Å². The maximum Gasteiger partial charge on any atom is 0.279 e. The third-order valence-corrected chi connectivity index (χ3v) is 5.40. The van der Waals surface area contributed by atoms with E-state index in [-0.39, 0.29) is 5.91 Å². The second-order valence-electron chi connectivity index (χ2n) is 6.31. The molecule has 4 heteroatoms. The topological polar surface area (TPSA) is 34.4 Å². The first-order valence-electron chi connectivity index (χ1n) is 8.11. The van der Waals surface area contributed by atoms with Gasteiger partial charge >= 0.3 is 0 Å². The molecule has 0 radical (unpaired) electrons. The zero-order valence-corrected chi connectivity index (χ0v) is 15.7. The monoisotopic (exact) mass is 348 g/mol. The van der Waals surface area contributed by atoms with Gasteiger partial charge in [-0.3, -0.25) is 4.79 Å². The number of aromatic nitrogens is 1. The smallest absolute Gasteiger partial charge is 0.279 e. The van der Waals surface area contributed by atoms with Crippen molar-refractivity contribution >= 4 is 27.5 Å². The molecule has 3 rings (SSSR count). The lowest BCUT2D eigenvalue weighted by atomic mass is 10.1. The van der Waals surface area contributed by atoms with Gasteiger partial charge in [-0.2, -0.15) is 4.99 Å². The summed E-state index contributed by atoms with van der Waals surface area (Å²) >= 11 is 1.50. The number of amides is 1. The van der Waals surface area contributed by atoms with Crippen molar-refractivity contribution in [3.05, 3.63) is 63.0 Å². The molecule has 25 heavy (non-hydrogen) atoms. The second-order valence-corrected chi connectivity index (χ2v) is 7.32. The second kappa shape index (κ2) is 6.70. The van der Waals surface area contributed by atoms with Crippen LogP contribution < -0.4 is 4.80 Å². The molecular formula is C21H20N2OS. The predicted molar refractivity (Wildman–Crippen MR) is 104 cm³/mol. The van der Waals surface area contributed by atoms with E-state index in [9.17, 15) is 4.79 Å². The molecule has 0 aliphatic rings. The SMILES string of the molecule is C#CCn1c(=NC(=O)c2ccc(C)cc2C)sc2cc(C)c(C)cc21. The average molecular weight is 348 g/mol. The highest BCUT2D eigenvalue weighted by Gasteiger charge is 2.11. The number of hydrogen-bond donors (Lipinski definition) is 0. The van der Waals surface area contributed by atoms with E-state index >= 15 is 0 Å². The molecule has 1 aromatic heterocycles. The number of carbonyl (C=O) groups is 1. The third kappa shape index (κ3) is 3.29. The van der Waals surface area contributed by atoms with E-state index in [2.05, 4.69) is 36.9 Å². The molecule has 0 fully saturated rings. The maximum absolute atomic E-state index is 12.7. The Morgan fingerprint density at radius 1 is 1.12 bits per heavy atom. The quantitative estimate of drug-likeness (QED) is 0.636. The minimum Gasteiger partial charge on any atom is -0.305 e. The highest BCUT2D eigenvalue weighted by atomic mass is 32.1. The van der Waals surface area contributed by atoms with Crippen LogP contribution in [0.4, 0.5) is 0 Å². The molecule has 0 aliphatic carbocycles. The van der Waals surface area contributed by atoms with Gasteiger partial charge in [-0.25, -0.2) is 0 Å². The Balaban J connectivity index is 2.20. The normalized spacial score (nSPS) is 11.7. The molecule has 0 atom stereocenters. The van der Waals surface area contributed by atoms with E-state index in [1.165, 1.54) is 22.5 Å². The Labute approximate surface area is 151 Å². The highest BCUT2D eigenvalue weighted by molar-refractivity contribution is 7.16. The number of terminal acetylenes is 1. The molecule has 126 valence electrons. The zero-order valence-electron chi connectivity index (χ0n) is 14.9. The van der Waals surface area contributed by atoms with E-state index in [0.29, 0.717) is 16.9 Å². The number of hydrogen-bond acceptors (Lipinski definition) is 2. The van der Waals surface area contributed by atoms with Crippen LogP contribution in [-0.2, 0) is 6.54 Å². The first kappa shape index (κ1) is 17.2. The van der Waals surface area contributed by atoms with Crippen LogP contribution in [0.5, 0.6) is 0 Å². The number of nitrogens with zero attached hydrogens (tertiary/aromatic N) is 2. The molecule has 0 spiro atoms. The Morgan fingerprint density at radius 3 is 2.52 bits per heavy atom. The summed E-state index contributed by atoms with van der Waals surface area (Å²) in [4.78, 5) is 17.7. The lowest BCUT2D eigenvalue weighted by molar-refractivity contribution is 0.0997. The fourth-order valence-electron chi connectivity index (χ4n) is 2.85. The molecule has 0 bridgehead atoms. The highest BCUT2D eigenvalue weighted by Crippen LogP contribution is 2.22. The van der Waals surface area contributed by atoms with Gasteiger partial charge in [-0.15, -0.1) is 6.42 Å². The number of benzene rings is 2. The fraction of sp³-hybridized carbons (Fsp3) is 0.238. The molecule has 1 heterocycles. The van der Waals surface area contributed by atoms with Crippen LogP contribution >= 0.6 is 11.3 Å². The number of rotatable bonds is 2. The molecule has 3 aromatic rings. The number of thiazole rings is 1. The molecular weight excluding hydrogens is 328 g/mol. The Hall–Kier alpha value is -2.64. The lowest BCUT2D eigenvalue weighted by Crippen LogP contribution is -2.16.